The highest BCUT2D eigenvalue weighted by molar-refractivity contribution is 5.21. The van der Waals surface area contributed by atoms with Crippen molar-refractivity contribution in [1.82, 2.24) is 0 Å². The summed E-state index contributed by atoms with van der Waals surface area (Å²) in [6, 6.07) is 17.5. The largest absolute Gasteiger partial charge is 0.497 e. The Hall–Kier alpha value is -1.03. The highest BCUT2D eigenvalue weighted by atomic mass is 127. The lowest BCUT2D eigenvalue weighted by Gasteiger charge is -2.17. The molecule has 0 N–H and O–H groups in total. The normalized spacial score (nSPS) is 11.4. The Bertz CT molecular complexity index is 552. The molecule has 0 aliphatic heterocycles. The minimum absolute atomic E-state index is 0.121. The highest BCUT2D eigenvalue weighted by Crippen LogP contribution is 2.19. The van der Waals surface area contributed by atoms with Gasteiger partial charge in [0.05, 0.1) is 7.11 Å². The van der Waals surface area contributed by atoms with Gasteiger partial charge >= 0.3 is 21.2 Å². The molecule has 0 saturated carbocycles. The maximum Gasteiger partial charge on any atom is 0.358 e. The lowest BCUT2D eigenvalue weighted by atomic mass is 9.88. The van der Waals surface area contributed by atoms with Gasteiger partial charge in [-0.3, -0.25) is 0 Å². The van der Waals surface area contributed by atoms with Gasteiger partial charge in [-0.05, 0) is 41.7 Å². The molecule has 0 heterocycles. The SMILES string of the molecule is COc1cccc([I+]c2ccc(CC(C)(C)C)cc2)c1. The molecule has 0 radical (unpaired) electrons. The van der Waals surface area contributed by atoms with E-state index < -0.39 is 0 Å². The van der Waals surface area contributed by atoms with E-state index in [1.165, 1.54) is 12.7 Å². The van der Waals surface area contributed by atoms with Crippen molar-refractivity contribution in [3.63, 3.8) is 0 Å². The molecular weight excluding hydrogens is 359 g/mol. The summed E-state index contributed by atoms with van der Waals surface area (Å²) in [4.78, 5) is 0. The Morgan fingerprint density at radius 2 is 1.65 bits per heavy atom. The molecular formula is C18H22IO+. The van der Waals surface area contributed by atoms with E-state index in [0.717, 1.165) is 12.2 Å². The zero-order chi connectivity index (χ0) is 14.6. The van der Waals surface area contributed by atoms with Crippen LogP contribution in [0, 0.1) is 12.6 Å². The smallest absolute Gasteiger partial charge is 0.358 e. The Labute approximate surface area is 132 Å². The van der Waals surface area contributed by atoms with Gasteiger partial charge in [0.15, 0.2) is 7.14 Å². The molecule has 0 aromatic heterocycles. The zero-order valence-electron chi connectivity index (χ0n) is 12.6. The third-order valence-corrected chi connectivity index (χ3v) is 5.53. The first-order valence-corrected chi connectivity index (χ1v) is 9.00. The van der Waals surface area contributed by atoms with Gasteiger partial charge in [-0.2, -0.15) is 0 Å². The second kappa shape index (κ2) is 6.61. The van der Waals surface area contributed by atoms with Gasteiger partial charge in [0.1, 0.15) is 5.75 Å². The summed E-state index contributed by atoms with van der Waals surface area (Å²) in [7, 11) is 1.72. The number of methoxy groups -OCH3 is 1. The van der Waals surface area contributed by atoms with Crippen LogP contribution in [0.5, 0.6) is 5.75 Å². The standard InChI is InChI=1S/C18H22IO/c1-18(2,3)13-14-8-10-15(11-9-14)19-16-6-5-7-17(12-16)20-4/h5-12H,13H2,1-4H3/q+1. The van der Waals surface area contributed by atoms with Crippen LogP contribution >= 0.6 is 0 Å². The number of hydrogen-bond donors (Lipinski definition) is 0. The van der Waals surface area contributed by atoms with E-state index in [9.17, 15) is 0 Å². The summed E-state index contributed by atoms with van der Waals surface area (Å²) in [6.07, 6.45) is 1.13. The number of ether oxygens (including phenoxy) is 1. The van der Waals surface area contributed by atoms with E-state index in [1.807, 2.05) is 6.07 Å². The number of rotatable bonds is 4. The predicted molar refractivity (Wildman–Crippen MR) is 80.0 cm³/mol. The first-order chi connectivity index (χ1) is 9.46. The summed E-state index contributed by atoms with van der Waals surface area (Å²) in [5.41, 5.74) is 1.78. The Kier molecular flexibility index (Phi) is 5.08. The highest BCUT2D eigenvalue weighted by Gasteiger charge is 2.17. The predicted octanol–water partition coefficient (Wildman–Crippen LogP) is 1.41. The molecule has 0 unspecified atom stereocenters. The molecule has 0 spiro atoms. The van der Waals surface area contributed by atoms with E-state index >= 15 is 0 Å². The van der Waals surface area contributed by atoms with Gasteiger partial charge < -0.3 is 4.74 Å². The van der Waals surface area contributed by atoms with Crippen LogP contribution in [0.2, 0.25) is 0 Å². The summed E-state index contributed by atoms with van der Waals surface area (Å²) in [5, 5.41) is 0. The monoisotopic (exact) mass is 381 g/mol. The van der Waals surface area contributed by atoms with Gasteiger partial charge in [0.2, 0.25) is 0 Å². The molecule has 106 valence electrons. The van der Waals surface area contributed by atoms with E-state index in [0.29, 0.717) is 5.41 Å². The minimum atomic E-state index is -0.121. The Morgan fingerprint density at radius 3 is 2.25 bits per heavy atom. The maximum atomic E-state index is 5.28. The van der Waals surface area contributed by atoms with E-state index in [4.69, 9.17) is 4.74 Å². The fourth-order valence-corrected chi connectivity index (χ4v) is 4.34. The molecule has 0 saturated heterocycles. The lowest BCUT2D eigenvalue weighted by molar-refractivity contribution is -0.597. The van der Waals surface area contributed by atoms with E-state index in [2.05, 4.69) is 63.2 Å². The quantitative estimate of drug-likeness (QED) is 0.728. The van der Waals surface area contributed by atoms with Crippen LogP contribution in [-0.4, -0.2) is 7.11 Å². The molecule has 2 heteroatoms. The fourth-order valence-electron chi connectivity index (χ4n) is 2.06. The fraction of sp³-hybridized carbons (Fsp3) is 0.333. The molecule has 0 aliphatic rings. The third-order valence-electron chi connectivity index (χ3n) is 2.90. The van der Waals surface area contributed by atoms with Crippen LogP contribution in [0.4, 0.5) is 0 Å². The maximum absolute atomic E-state index is 5.28. The third kappa shape index (κ3) is 4.82. The van der Waals surface area contributed by atoms with Crippen LogP contribution in [0.3, 0.4) is 0 Å². The van der Waals surface area contributed by atoms with Crippen molar-refractivity contribution in [2.75, 3.05) is 7.11 Å². The van der Waals surface area contributed by atoms with E-state index in [1.54, 1.807) is 7.11 Å². The molecule has 0 fully saturated rings. The molecule has 0 amide bonds. The number of hydrogen-bond acceptors (Lipinski definition) is 1. The summed E-state index contributed by atoms with van der Waals surface area (Å²) < 4.78 is 8.13. The van der Waals surface area contributed by atoms with Crippen LogP contribution < -0.4 is 25.9 Å². The summed E-state index contributed by atoms with van der Waals surface area (Å²) in [6.45, 7) is 6.85. The topological polar surface area (TPSA) is 9.23 Å². The molecule has 1 nitrogen and oxygen atoms in total. The summed E-state index contributed by atoms with van der Waals surface area (Å²) in [5.74, 6) is 0.951. The average Bonchev–Trinajstić information content (AvgIpc) is 2.40. The zero-order valence-corrected chi connectivity index (χ0v) is 14.8. The van der Waals surface area contributed by atoms with Crippen molar-refractivity contribution in [2.45, 2.75) is 27.2 Å². The van der Waals surface area contributed by atoms with Crippen LogP contribution in [0.25, 0.3) is 0 Å². The van der Waals surface area contributed by atoms with Crippen LogP contribution in [0.15, 0.2) is 48.5 Å². The Morgan fingerprint density at radius 1 is 0.950 bits per heavy atom. The average molecular weight is 381 g/mol. The Balaban J connectivity index is 2.06. The lowest BCUT2D eigenvalue weighted by Crippen LogP contribution is -3.61. The number of halogens is 1. The van der Waals surface area contributed by atoms with E-state index in [-0.39, 0.29) is 21.2 Å². The van der Waals surface area contributed by atoms with Crippen molar-refractivity contribution < 1.29 is 25.9 Å². The van der Waals surface area contributed by atoms with Crippen molar-refractivity contribution >= 4 is 0 Å². The van der Waals surface area contributed by atoms with Crippen molar-refractivity contribution in [1.29, 1.82) is 0 Å². The van der Waals surface area contributed by atoms with Gasteiger partial charge in [0, 0.05) is 6.07 Å². The minimum Gasteiger partial charge on any atom is -0.497 e. The van der Waals surface area contributed by atoms with Crippen molar-refractivity contribution in [3.8, 4) is 5.75 Å². The molecule has 20 heavy (non-hydrogen) atoms. The van der Waals surface area contributed by atoms with Gasteiger partial charge in [-0.25, -0.2) is 0 Å². The second-order valence-corrected chi connectivity index (χ2v) is 9.15. The van der Waals surface area contributed by atoms with Crippen LogP contribution in [-0.2, 0) is 6.42 Å². The van der Waals surface area contributed by atoms with Crippen LogP contribution in [0.1, 0.15) is 26.3 Å². The van der Waals surface area contributed by atoms with Crippen molar-refractivity contribution in [3.05, 3.63) is 61.2 Å². The molecule has 0 bridgehead atoms. The van der Waals surface area contributed by atoms with Gasteiger partial charge in [0.25, 0.3) is 0 Å². The van der Waals surface area contributed by atoms with Gasteiger partial charge in [-0.1, -0.05) is 39.0 Å². The molecule has 2 rings (SSSR count). The summed E-state index contributed by atoms with van der Waals surface area (Å²) >= 11 is -0.121. The molecule has 2 aromatic rings. The van der Waals surface area contributed by atoms with Crippen molar-refractivity contribution in [2.24, 2.45) is 5.41 Å². The molecule has 2 aromatic carbocycles. The van der Waals surface area contributed by atoms with Gasteiger partial charge in [-0.15, -0.1) is 0 Å². The first-order valence-electron chi connectivity index (χ1n) is 6.84. The number of benzene rings is 2. The molecule has 0 aliphatic carbocycles. The first kappa shape index (κ1) is 15.4. The second-order valence-electron chi connectivity index (χ2n) is 6.12. The molecule has 0 atom stereocenters.